The summed E-state index contributed by atoms with van der Waals surface area (Å²) in [4.78, 5) is 4.47. The highest BCUT2D eigenvalue weighted by molar-refractivity contribution is 6.33. The lowest BCUT2D eigenvalue weighted by atomic mass is 10.2. The van der Waals surface area contributed by atoms with Crippen LogP contribution < -0.4 is 5.32 Å². The number of nitrogens with one attached hydrogen (secondary N) is 1. The molecule has 0 radical (unpaired) electrons. The normalized spacial score (nSPS) is 14.0. The molecule has 0 amide bonds. The number of halogens is 2. The summed E-state index contributed by atoms with van der Waals surface area (Å²) < 4.78 is 2.19. The lowest BCUT2D eigenvalue weighted by Gasteiger charge is -2.10. The minimum Gasteiger partial charge on any atom is -0.339 e. The second kappa shape index (κ2) is 7.02. The van der Waals surface area contributed by atoms with E-state index in [2.05, 4.69) is 25.1 Å². The number of aromatic nitrogens is 4. The molecule has 0 aliphatic carbocycles. The molecule has 128 valence electrons. The first-order valence-corrected chi connectivity index (χ1v) is 9.07. The van der Waals surface area contributed by atoms with Crippen LogP contribution in [-0.4, -0.2) is 19.7 Å². The molecule has 4 rings (SSSR count). The Labute approximate surface area is 156 Å². The van der Waals surface area contributed by atoms with Gasteiger partial charge in [-0.25, -0.2) is 4.98 Å². The summed E-state index contributed by atoms with van der Waals surface area (Å²) in [6.45, 7) is 0.945. The monoisotopic (exact) mass is 373 g/mol. The molecule has 0 atom stereocenters. The number of hydrogen-bond acceptors (Lipinski definition) is 4. The maximum atomic E-state index is 6.43. The minimum atomic E-state index is 0.540. The van der Waals surface area contributed by atoms with E-state index in [1.807, 2.05) is 30.3 Å². The second-order valence-electron chi connectivity index (χ2n) is 6.09. The molecule has 1 aliphatic rings. The largest absolute Gasteiger partial charge is 0.339 e. The van der Waals surface area contributed by atoms with Crippen molar-refractivity contribution in [2.75, 3.05) is 5.32 Å². The van der Waals surface area contributed by atoms with Crippen LogP contribution in [0.5, 0.6) is 0 Å². The number of nitrogens with zero attached hydrogens (tertiary/aromatic N) is 4. The molecular formula is C18H17Cl2N5. The molecule has 25 heavy (non-hydrogen) atoms. The van der Waals surface area contributed by atoms with Crippen molar-refractivity contribution in [1.82, 2.24) is 19.7 Å². The topological polar surface area (TPSA) is 55.6 Å². The van der Waals surface area contributed by atoms with Crippen LogP contribution in [-0.2, 0) is 13.0 Å². The third-order valence-electron chi connectivity index (χ3n) is 4.32. The van der Waals surface area contributed by atoms with Crippen molar-refractivity contribution >= 4 is 34.7 Å². The molecule has 2 aromatic heterocycles. The van der Waals surface area contributed by atoms with Crippen molar-refractivity contribution in [2.45, 2.75) is 32.2 Å². The molecule has 1 aromatic carbocycles. The third kappa shape index (κ3) is 3.48. The molecular weight excluding hydrogens is 357 g/mol. The summed E-state index contributed by atoms with van der Waals surface area (Å²) in [5, 5.41) is 13.1. The highest BCUT2D eigenvalue weighted by Gasteiger charge is 2.17. The molecule has 0 saturated heterocycles. The quantitative estimate of drug-likeness (QED) is 0.692. The molecule has 3 aromatic rings. The van der Waals surface area contributed by atoms with Gasteiger partial charge in [0.25, 0.3) is 0 Å². The van der Waals surface area contributed by atoms with E-state index in [1.165, 1.54) is 12.8 Å². The second-order valence-corrected chi connectivity index (χ2v) is 6.93. The number of benzene rings is 1. The van der Waals surface area contributed by atoms with E-state index in [9.17, 15) is 0 Å². The fraction of sp³-hybridized carbons (Fsp3) is 0.278. The molecule has 0 bridgehead atoms. The van der Waals surface area contributed by atoms with Gasteiger partial charge in [0.15, 0.2) is 5.82 Å². The number of rotatable bonds is 3. The number of aryl methyl sites for hydroxylation is 1. The van der Waals surface area contributed by atoms with Gasteiger partial charge in [-0.15, -0.1) is 10.2 Å². The summed E-state index contributed by atoms with van der Waals surface area (Å²) in [6.07, 6.45) is 6.30. The Kier molecular flexibility index (Phi) is 4.59. The van der Waals surface area contributed by atoms with Gasteiger partial charge in [-0.2, -0.15) is 0 Å². The van der Waals surface area contributed by atoms with Crippen molar-refractivity contribution < 1.29 is 0 Å². The first kappa shape index (κ1) is 16.4. The lowest BCUT2D eigenvalue weighted by Crippen LogP contribution is -2.03. The zero-order valence-corrected chi connectivity index (χ0v) is 15.1. The van der Waals surface area contributed by atoms with E-state index in [0.29, 0.717) is 15.9 Å². The first-order chi connectivity index (χ1) is 12.2. The van der Waals surface area contributed by atoms with Crippen LogP contribution in [0.1, 0.15) is 25.1 Å². The Balaban J connectivity index is 1.62. The van der Waals surface area contributed by atoms with Gasteiger partial charge in [-0.1, -0.05) is 29.6 Å². The van der Waals surface area contributed by atoms with E-state index >= 15 is 0 Å². The summed E-state index contributed by atoms with van der Waals surface area (Å²) in [5.74, 6) is 2.49. The Bertz CT molecular complexity index is 889. The molecule has 0 unspecified atom stereocenters. The molecule has 7 heteroatoms. The van der Waals surface area contributed by atoms with Gasteiger partial charge < -0.3 is 9.88 Å². The maximum Gasteiger partial charge on any atom is 0.165 e. The molecule has 5 nitrogen and oxygen atoms in total. The van der Waals surface area contributed by atoms with E-state index < -0.39 is 0 Å². The van der Waals surface area contributed by atoms with E-state index in [0.717, 1.165) is 42.3 Å². The zero-order chi connectivity index (χ0) is 17.2. The van der Waals surface area contributed by atoms with Crippen LogP contribution in [0.25, 0.3) is 11.4 Å². The average molecular weight is 374 g/mol. The van der Waals surface area contributed by atoms with Gasteiger partial charge in [0.2, 0.25) is 0 Å². The van der Waals surface area contributed by atoms with Crippen molar-refractivity contribution in [3.8, 4) is 11.4 Å². The van der Waals surface area contributed by atoms with E-state index in [-0.39, 0.29) is 0 Å². The summed E-state index contributed by atoms with van der Waals surface area (Å²) >= 11 is 12.3. The zero-order valence-electron chi connectivity index (χ0n) is 13.5. The van der Waals surface area contributed by atoms with Gasteiger partial charge in [-0.3, -0.25) is 0 Å². The van der Waals surface area contributed by atoms with E-state index in [1.54, 1.807) is 6.20 Å². The van der Waals surface area contributed by atoms with Crippen LogP contribution >= 0.6 is 23.2 Å². The highest BCUT2D eigenvalue weighted by atomic mass is 35.5. The molecule has 3 heterocycles. The SMILES string of the molecule is Clc1ccc(Nc2ncc(-c3nnc4n3CCCCC4)cc2Cl)cc1. The van der Waals surface area contributed by atoms with Crippen LogP contribution in [0.15, 0.2) is 36.5 Å². The van der Waals surface area contributed by atoms with Crippen molar-refractivity contribution in [1.29, 1.82) is 0 Å². The number of fused-ring (bicyclic) bond motifs is 1. The fourth-order valence-corrected chi connectivity index (χ4v) is 3.36. The predicted octanol–water partition coefficient (Wildman–Crippen LogP) is 5.12. The Morgan fingerprint density at radius 1 is 1.00 bits per heavy atom. The lowest BCUT2D eigenvalue weighted by molar-refractivity contribution is 0.636. The predicted molar refractivity (Wildman–Crippen MR) is 101 cm³/mol. The minimum absolute atomic E-state index is 0.540. The molecule has 1 aliphatic heterocycles. The standard InChI is InChI=1S/C18H17Cl2N5/c19-13-5-7-14(8-6-13)22-17-15(20)10-12(11-21-17)18-24-23-16-4-2-1-3-9-25(16)18/h5-8,10-11H,1-4,9H2,(H,21,22). The molecule has 0 saturated carbocycles. The maximum absolute atomic E-state index is 6.43. The van der Waals surface area contributed by atoms with Gasteiger partial charge in [0.1, 0.15) is 11.6 Å². The van der Waals surface area contributed by atoms with Gasteiger partial charge in [0.05, 0.1) is 5.02 Å². The smallest absolute Gasteiger partial charge is 0.165 e. The van der Waals surface area contributed by atoms with Crippen LogP contribution in [0.2, 0.25) is 10.0 Å². The van der Waals surface area contributed by atoms with Gasteiger partial charge >= 0.3 is 0 Å². The molecule has 0 fully saturated rings. The summed E-state index contributed by atoms with van der Waals surface area (Å²) in [6, 6.07) is 9.28. The van der Waals surface area contributed by atoms with Crippen LogP contribution in [0.4, 0.5) is 11.5 Å². The molecule has 1 N–H and O–H groups in total. The van der Waals surface area contributed by atoms with Crippen molar-refractivity contribution in [3.05, 3.63) is 52.4 Å². The number of hydrogen-bond donors (Lipinski definition) is 1. The first-order valence-electron chi connectivity index (χ1n) is 8.31. The van der Waals surface area contributed by atoms with Gasteiger partial charge in [-0.05, 0) is 43.2 Å². The van der Waals surface area contributed by atoms with Crippen molar-refractivity contribution in [3.63, 3.8) is 0 Å². The van der Waals surface area contributed by atoms with Crippen LogP contribution in [0.3, 0.4) is 0 Å². The number of anilines is 2. The van der Waals surface area contributed by atoms with Crippen molar-refractivity contribution in [2.24, 2.45) is 0 Å². The third-order valence-corrected chi connectivity index (χ3v) is 4.86. The van der Waals surface area contributed by atoms with Gasteiger partial charge in [0, 0.05) is 35.4 Å². The Morgan fingerprint density at radius 2 is 1.84 bits per heavy atom. The highest BCUT2D eigenvalue weighted by Crippen LogP contribution is 2.29. The fourth-order valence-electron chi connectivity index (χ4n) is 3.02. The Hall–Kier alpha value is -2.11. The summed E-state index contributed by atoms with van der Waals surface area (Å²) in [7, 11) is 0. The summed E-state index contributed by atoms with van der Waals surface area (Å²) in [5.41, 5.74) is 1.76. The average Bonchev–Trinajstić information content (AvgIpc) is 2.87. The molecule has 0 spiro atoms. The Morgan fingerprint density at radius 3 is 2.64 bits per heavy atom. The van der Waals surface area contributed by atoms with Crippen LogP contribution in [0, 0.1) is 0 Å². The van der Waals surface area contributed by atoms with E-state index in [4.69, 9.17) is 23.2 Å². The number of pyridine rings is 1.